The molecule has 8 heteroatoms. The zero-order chi connectivity index (χ0) is 19.3. The minimum Gasteiger partial charge on any atom is -0.379 e. The number of rotatable bonds is 4. The normalized spacial score (nSPS) is 16.9. The number of aliphatic imine (C=N–C) groups is 1. The zero-order valence-electron chi connectivity index (χ0n) is 15.8. The van der Waals surface area contributed by atoms with Crippen molar-refractivity contribution >= 4 is 5.96 Å². The lowest BCUT2D eigenvalue weighted by molar-refractivity contribution is -0.137. The SMILES string of the molecule is CN(C)C(=NCC(c1ccc(C(F)(F)F)cc1)N1CCOCC1)N(C)C. The molecule has 146 valence electrons. The fraction of sp³-hybridized carbons (Fsp3) is 0.611. The Morgan fingerprint density at radius 3 is 2.08 bits per heavy atom. The van der Waals surface area contributed by atoms with Crippen molar-refractivity contribution in [3.05, 3.63) is 35.4 Å². The Morgan fingerprint density at radius 1 is 1.08 bits per heavy atom. The second-order valence-electron chi connectivity index (χ2n) is 6.71. The van der Waals surface area contributed by atoms with Crippen molar-refractivity contribution < 1.29 is 17.9 Å². The maximum atomic E-state index is 12.8. The Morgan fingerprint density at radius 2 is 1.62 bits per heavy atom. The van der Waals surface area contributed by atoms with Gasteiger partial charge in [0.05, 0.1) is 31.4 Å². The number of alkyl halides is 3. The van der Waals surface area contributed by atoms with Gasteiger partial charge in [0.2, 0.25) is 0 Å². The van der Waals surface area contributed by atoms with Gasteiger partial charge in [-0.15, -0.1) is 0 Å². The molecule has 26 heavy (non-hydrogen) atoms. The summed E-state index contributed by atoms with van der Waals surface area (Å²) in [5, 5.41) is 0. The van der Waals surface area contributed by atoms with Gasteiger partial charge < -0.3 is 14.5 Å². The van der Waals surface area contributed by atoms with Crippen LogP contribution >= 0.6 is 0 Å². The third-order valence-corrected chi connectivity index (χ3v) is 4.31. The third-order valence-electron chi connectivity index (χ3n) is 4.31. The fourth-order valence-electron chi connectivity index (χ4n) is 3.07. The minimum absolute atomic E-state index is 0.0870. The maximum Gasteiger partial charge on any atom is 0.416 e. The van der Waals surface area contributed by atoms with Crippen molar-refractivity contribution in [2.45, 2.75) is 12.2 Å². The van der Waals surface area contributed by atoms with E-state index in [1.807, 2.05) is 38.0 Å². The topological polar surface area (TPSA) is 31.3 Å². The van der Waals surface area contributed by atoms with Crippen molar-refractivity contribution in [3.8, 4) is 0 Å². The summed E-state index contributed by atoms with van der Waals surface area (Å²) >= 11 is 0. The smallest absolute Gasteiger partial charge is 0.379 e. The summed E-state index contributed by atoms with van der Waals surface area (Å²) in [7, 11) is 7.67. The Kier molecular flexibility index (Phi) is 6.88. The van der Waals surface area contributed by atoms with Crippen molar-refractivity contribution in [1.29, 1.82) is 0 Å². The number of halogens is 3. The summed E-state index contributed by atoms with van der Waals surface area (Å²) in [6, 6.07) is 5.32. The van der Waals surface area contributed by atoms with Crippen LogP contribution in [0.25, 0.3) is 0 Å². The van der Waals surface area contributed by atoms with Gasteiger partial charge in [-0.3, -0.25) is 9.89 Å². The van der Waals surface area contributed by atoms with E-state index < -0.39 is 11.7 Å². The summed E-state index contributed by atoms with van der Waals surface area (Å²) in [4.78, 5) is 10.8. The molecule has 0 aliphatic carbocycles. The first-order chi connectivity index (χ1) is 12.2. The molecule has 1 aliphatic rings. The standard InChI is InChI=1S/C18H27F3N4O/c1-23(2)17(24(3)4)22-13-16(25-9-11-26-12-10-25)14-5-7-15(8-6-14)18(19,20)21/h5-8,16H,9-13H2,1-4H3. The van der Waals surface area contributed by atoms with Crippen LogP contribution in [0.5, 0.6) is 0 Å². The molecule has 1 saturated heterocycles. The lowest BCUT2D eigenvalue weighted by Crippen LogP contribution is -2.41. The Labute approximate surface area is 153 Å². The number of ether oxygens (including phenoxy) is 1. The number of guanidine groups is 1. The van der Waals surface area contributed by atoms with Gasteiger partial charge in [-0.2, -0.15) is 13.2 Å². The Bertz CT molecular complexity index is 583. The molecule has 0 spiro atoms. The molecular weight excluding hydrogens is 345 g/mol. The van der Waals surface area contributed by atoms with Crippen LogP contribution < -0.4 is 0 Å². The lowest BCUT2D eigenvalue weighted by atomic mass is 10.0. The quantitative estimate of drug-likeness (QED) is 0.601. The second-order valence-corrected chi connectivity index (χ2v) is 6.71. The van der Waals surface area contributed by atoms with E-state index in [0.29, 0.717) is 19.8 Å². The van der Waals surface area contributed by atoms with E-state index in [2.05, 4.69) is 4.90 Å². The largest absolute Gasteiger partial charge is 0.416 e. The van der Waals surface area contributed by atoms with Gasteiger partial charge in [-0.05, 0) is 17.7 Å². The molecule has 1 unspecified atom stereocenters. The van der Waals surface area contributed by atoms with E-state index in [4.69, 9.17) is 9.73 Å². The van der Waals surface area contributed by atoms with Gasteiger partial charge in [0.15, 0.2) is 5.96 Å². The molecule has 0 aromatic heterocycles. The Balaban J connectivity index is 2.27. The third kappa shape index (κ3) is 5.35. The van der Waals surface area contributed by atoms with Crippen LogP contribution in [0.15, 0.2) is 29.3 Å². The van der Waals surface area contributed by atoms with Crippen LogP contribution in [-0.2, 0) is 10.9 Å². The summed E-state index contributed by atoms with van der Waals surface area (Å²) < 4.78 is 44.0. The molecule has 0 amide bonds. The first-order valence-corrected chi connectivity index (χ1v) is 8.58. The van der Waals surface area contributed by atoms with Gasteiger partial charge in [0.25, 0.3) is 0 Å². The van der Waals surface area contributed by atoms with Gasteiger partial charge in [-0.25, -0.2) is 0 Å². The number of hydrogen-bond donors (Lipinski definition) is 0. The fourth-order valence-corrected chi connectivity index (χ4v) is 3.07. The molecule has 1 aromatic carbocycles. The van der Waals surface area contributed by atoms with Crippen LogP contribution in [0.2, 0.25) is 0 Å². The van der Waals surface area contributed by atoms with E-state index >= 15 is 0 Å². The molecule has 0 N–H and O–H groups in total. The monoisotopic (exact) mass is 372 g/mol. The van der Waals surface area contributed by atoms with Crippen molar-refractivity contribution in [1.82, 2.24) is 14.7 Å². The second kappa shape index (κ2) is 8.73. The highest BCUT2D eigenvalue weighted by molar-refractivity contribution is 5.79. The predicted octanol–water partition coefficient (Wildman–Crippen LogP) is 2.56. The minimum atomic E-state index is -4.33. The van der Waals surface area contributed by atoms with Gasteiger partial charge in [-0.1, -0.05) is 12.1 Å². The van der Waals surface area contributed by atoms with Gasteiger partial charge >= 0.3 is 6.18 Å². The van der Waals surface area contributed by atoms with E-state index in [0.717, 1.165) is 36.7 Å². The van der Waals surface area contributed by atoms with Crippen LogP contribution in [0.1, 0.15) is 17.2 Å². The molecule has 0 radical (unpaired) electrons. The lowest BCUT2D eigenvalue weighted by Gasteiger charge is -2.34. The van der Waals surface area contributed by atoms with Crippen molar-refractivity contribution in [3.63, 3.8) is 0 Å². The molecule has 1 aliphatic heterocycles. The Hall–Kier alpha value is -1.80. The average molecular weight is 372 g/mol. The first kappa shape index (κ1) is 20.5. The van der Waals surface area contributed by atoms with Crippen LogP contribution in [0.4, 0.5) is 13.2 Å². The van der Waals surface area contributed by atoms with E-state index in [-0.39, 0.29) is 6.04 Å². The van der Waals surface area contributed by atoms with E-state index in [9.17, 15) is 13.2 Å². The number of morpholine rings is 1. The van der Waals surface area contributed by atoms with Crippen LogP contribution in [-0.4, -0.2) is 81.7 Å². The average Bonchev–Trinajstić information content (AvgIpc) is 2.58. The number of hydrogen-bond acceptors (Lipinski definition) is 3. The number of benzene rings is 1. The van der Waals surface area contributed by atoms with Gasteiger partial charge in [0.1, 0.15) is 0 Å². The molecule has 1 atom stereocenters. The highest BCUT2D eigenvalue weighted by atomic mass is 19.4. The summed E-state index contributed by atoms with van der Waals surface area (Å²) in [6.45, 7) is 3.18. The predicted molar refractivity (Wildman–Crippen MR) is 96.3 cm³/mol. The molecule has 1 fully saturated rings. The zero-order valence-corrected chi connectivity index (χ0v) is 15.8. The summed E-state index contributed by atoms with van der Waals surface area (Å²) in [5.74, 6) is 0.815. The number of nitrogens with zero attached hydrogens (tertiary/aromatic N) is 4. The van der Waals surface area contributed by atoms with E-state index in [1.54, 1.807) is 12.1 Å². The first-order valence-electron chi connectivity index (χ1n) is 8.58. The molecule has 1 heterocycles. The van der Waals surface area contributed by atoms with Crippen LogP contribution in [0, 0.1) is 0 Å². The molecule has 2 rings (SSSR count). The highest BCUT2D eigenvalue weighted by Crippen LogP contribution is 2.31. The summed E-state index contributed by atoms with van der Waals surface area (Å²) in [5.41, 5.74) is 0.202. The molecule has 0 saturated carbocycles. The van der Waals surface area contributed by atoms with Crippen LogP contribution in [0.3, 0.4) is 0 Å². The maximum absolute atomic E-state index is 12.8. The van der Waals surface area contributed by atoms with E-state index in [1.165, 1.54) is 0 Å². The summed E-state index contributed by atoms with van der Waals surface area (Å²) in [6.07, 6.45) is -4.33. The highest BCUT2D eigenvalue weighted by Gasteiger charge is 2.31. The molecule has 5 nitrogen and oxygen atoms in total. The molecular formula is C18H27F3N4O. The molecule has 0 bridgehead atoms. The van der Waals surface area contributed by atoms with Crippen molar-refractivity contribution in [2.75, 3.05) is 61.0 Å². The molecule has 1 aromatic rings. The van der Waals surface area contributed by atoms with Gasteiger partial charge in [0, 0.05) is 41.3 Å². The van der Waals surface area contributed by atoms with Crippen molar-refractivity contribution in [2.24, 2.45) is 4.99 Å².